The molecular weight excluding hydrogens is 463 g/mol. The molecule has 0 radical (unpaired) electrons. The highest BCUT2D eigenvalue weighted by Gasteiger charge is 2.39. The molecule has 1 aliphatic heterocycles. The summed E-state index contributed by atoms with van der Waals surface area (Å²) in [6.07, 6.45) is 0.394. The Morgan fingerprint density at radius 1 is 1.06 bits per heavy atom. The van der Waals surface area contributed by atoms with Crippen LogP contribution in [-0.4, -0.2) is 58.5 Å². The number of nitrogens with zero attached hydrogens (tertiary/aromatic N) is 3. The lowest BCUT2D eigenvalue weighted by molar-refractivity contribution is -0.145. The van der Waals surface area contributed by atoms with Crippen LogP contribution in [0.3, 0.4) is 0 Å². The Labute approximate surface area is 188 Å². The molecule has 0 spiro atoms. The lowest BCUT2D eigenvalue weighted by Gasteiger charge is -2.38. The molecule has 1 aliphatic carbocycles. The third-order valence-corrected chi connectivity index (χ3v) is 8.74. The van der Waals surface area contributed by atoms with Crippen LogP contribution in [0, 0.1) is 0 Å². The largest absolute Gasteiger partial charge is 0.451 e. The van der Waals surface area contributed by atoms with Gasteiger partial charge in [0, 0.05) is 17.5 Å². The fraction of sp³-hybridized carbons (Fsp3) is 0.571. The predicted octanol–water partition coefficient (Wildman–Crippen LogP) is 4.09. The minimum absolute atomic E-state index is 0.0250. The number of thioether (sulfide) groups is 1. The van der Waals surface area contributed by atoms with E-state index in [1.165, 1.54) is 6.07 Å². The summed E-state index contributed by atoms with van der Waals surface area (Å²) in [6.45, 7) is 0. The van der Waals surface area contributed by atoms with Crippen molar-refractivity contribution in [2.45, 2.75) is 61.8 Å². The van der Waals surface area contributed by atoms with E-state index < -0.39 is 21.8 Å². The Hall–Kier alpha value is -1.88. The number of para-hydroxylation sites is 1. The third-order valence-electron chi connectivity index (χ3n) is 6.01. The SMILES string of the molecule is O=C(CSc1nc(C(F)(F)F)nc2ccccc12)N(C1CCCCC1)C1CCS(=O)(=O)C1. The summed E-state index contributed by atoms with van der Waals surface area (Å²) in [4.78, 5) is 22.3. The van der Waals surface area contributed by atoms with Crippen molar-refractivity contribution in [2.75, 3.05) is 17.3 Å². The van der Waals surface area contributed by atoms with E-state index in [2.05, 4.69) is 9.97 Å². The maximum Gasteiger partial charge on any atom is 0.451 e. The maximum absolute atomic E-state index is 13.3. The first-order chi connectivity index (χ1) is 15.1. The van der Waals surface area contributed by atoms with Crippen molar-refractivity contribution >= 4 is 38.4 Å². The van der Waals surface area contributed by atoms with Crippen LogP contribution < -0.4 is 0 Å². The third kappa shape index (κ3) is 5.19. The highest BCUT2D eigenvalue weighted by molar-refractivity contribution is 8.00. The fourth-order valence-electron chi connectivity index (χ4n) is 4.55. The molecule has 6 nitrogen and oxygen atoms in total. The number of hydrogen-bond donors (Lipinski definition) is 0. The van der Waals surface area contributed by atoms with Crippen LogP contribution >= 0.6 is 11.8 Å². The van der Waals surface area contributed by atoms with Crippen LogP contribution in [0.4, 0.5) is 13.2 Å². The summed E-state index contributed by atoms with van der Waals surface area (Å²) in [5, 5.41) is 0.546. The number of benzene rings is 1. The van der Waals surface area contributed by atoms with Gasteiger partial charge in [0.05, 0.1) is 22.8 Å². The van der Waals surface area contributed by atoms with Crippen LogP contribution in [0.25, 0.3) is 10.9 Å². The average molecular weight is 488 g/mol. The van der Waals surface area contributed by atoms with Gasteiger partial charge in [-0.3, -0.25) is 4.79 Å². The maximum atomic E-state index is 13.3. The monoisotopic (exact) mass is 487 g/mol. The zero-order valence-electron chi connectivity index (χ0n) is 17.3. The fourth-order valence-corrected chi connectivity index (χ4v) is 7.15. The summed E-state index contributed by atoms with van der Waals surface area (Å²) >= 11 is 0.948. The molecule has 1 saturated heterocycles. The number of fused-ring (bicyclic) bond motifs is 1. The van der Waals surface area contributed by atoms with Crippen LogP contribution in [0.15, 0.2) is 29.3 Å². The topological polar surface area (TPSA) is 80.2 Å². The van der Waals surface area contributed by atoms with E-state index in [9.17, 15) is 26.4 Å². The van der Waals surface area contributed by atoms with E-state index in [1.807, 2.05) is 0 Å². The number of alkyl halides is 3. The molecule has 2 aromatic rings. The van der Waals surface area contributed by atoms with Crippen molar-refractivity contribution < 1.29 is 26.4 Å². The number of amides is 1. The van der Waals surface area contributed by atoms with Crippen molar-refractivity contribution in [3.63, 3.8) is 0 Å². The minimum atomic E-state index is -4.70. The van der Waals surface area contributed by atoms with Gasteiger partial charge in [0.1, 0.15) is 5.03 Å². The molecule has 1 saturated carbocycles. The molecule has 4 rings (SSSR count). The first-order valence-corrected chi connectivity index (χ1v) is 13.4. The first-order valence-electron chi connectivity index (χ1n) is 10.6. The quantitative estimate of drug-likeness (QED) is 0.467. The van der Waals surface area contributed by atoms with E-state index in [-0.39, 0.29) is 45.8 Å². The van der Waals surface area contributed by atoms with E-state index in [0.717, 1.165) is 43.9 Å². The zero-order chi connectivity index (χ0) is 22.9. The second kappa shape index (κ2) is 9.17. The van der Waals surface area contributed by atoms with Gasteiger partial charge in [0.25, 0.3) is 0 Å². The summed E-state index contributed by atoms with van der Waals surface area (Å²) < 4.78 is 63.9. The van der Waals surface area contributed by atoms with Crippen molar-refractivity contribution in [3.8, 4) is 0 Å². The first kappa shape index (κ1) is 23.3. The molecule has 174 valence electrons. The van der Waals surface area contributed by atoms with Gasteiger partial charge in [-0.25, -0.2) is 18.4 Å². The zero-order valence-corrected chi connectivity index (χ0v) is 19.0. The van der Waals surface area contributed by atoms with Gasteiger partial charge in [-0.05, 0) is 25.3 Å². The summed E-state index contributed by atoms with van der Waals surface area (Å²) in [7, 11) is -3.18. The van der Waals surface area contributed by atoms with Gasteiger partial charge in [0.2, 0.25) is 11.7 Å². The molecule has 1 unspecified atom stereocenters. The van der Waals surface area contributed by atoms with Crippen LogP contribution in [0.2, 0.25) is 0 Å². The molecule has 2 fully saturated rings. The molecule has 0 N–H and O–H groups in total. The summed E-state index contributed by atoms with van der Waals surface area (Å²) in [5.74, 6) is -1.58. The Kier molecular flexibility index (Phi) is 6.67. The lowest BCUT2D eigenvalue weighted by Crippen LogP contribution is -2.49. The number of aromatic nitrogens is 2. The Morgan fingerprint density at radius 2 is 1.78 bits per heavy atom. The van der Waals surface area contributed by atoms with Gasteiger partial charge in [-0.2, -0.15) is 13.2 Å². The second-order valence-corrected chi connectivity index (χ2v) is 11.5. The van der Waals surface area contributed by atoms with Crippen LogP contribution in [0.1, 0.15) is 44.3 Å². The number of sulfone groups is 1. The van der Waals surface area contributed by atoms with Gasteiger partial charge >= 0.3 is 6.18 Å². The van der Waals surface area contributed by atoms with Gasteiger partial charge in [-0.1, -0.05) is 49.2 Å². The lowest BCUT2D eigenvalue weighted by atomic mass is 9.93. The minimum Gasteiger partial charge on any atom is -0.335 e. The number of hydrogen-bond acceptors (Lipinski definition) is 6. The van der Waals surface area contributed by atoms with Gasteiger partial charge in [-0.15, -0.1) is 0 Å². The number of carbonyl (C=O) groups is 1. The Bertz CT molecular complexity index is 1100. The normalized spacial score (nSPS) is 21.7. The molecule has 1 atom stereocenters. The molecule has 2 heterocycles. The molecule has 2 aliphatic rings. The standard InChI is InChI=1S/C21H24F3N3O3S2/c22-21(23,24)20-25-17-9-5-4-8-16(17)19(26-20)31-12-18(28)27(14-6-2-1-3-7-14)15-10-11-32(29,30)13-15/h4-5,8-9,14-15H,1-3,6-7,10-13H2. The molecule has 11 heteroatoms. The average Bonchev–Trinajstić information content (AvgIpc) is 3.11. The molecule has 0 bridgehead atoms. The number of rotatable bonds is 5. The number of carbonyl (C=O) groups excluding carboxylic acids is 1. The summed E-state index contributed by atoms with van der Waals surface area (Å²) in [5.41, 5.74) is 0.163. The van der Waals surface area contributed by atoms with E-state index >= 15 is 0 Å². The van der Waals surface area contributed by atoms with Crippen molar-refractivity contribution in [3.05, 3.63) is 30.1 Å². The molecule has 32 heavy (non-hydrogen) atoms. The molecular formula is C21H24F3N3O3S2. The second-order valence-electron chi connectivity index (χ2n) is 8.31. The number of halogens is 3. The Morgan fingerprint density at radius 3 is 2.44 bits per heavy atom. The smallest absolute Gasteiger partial charge is 0.335 e. The van der Waals surface area contributed by atoms with Gasteiger partial charge < -0.3 is 4.90 Å². The van der Waals surface area contributed by atoms with Crippen molar-refractivity contribution in [2.24, 2.45) is 0 Å². The summed E-state index contributed by atoms with van der Waals surface area (Å²) in [6, 6.07) is 6.00. The van der Waals surface area contributed by atoms with Crippen LogP contribution in [0.5, 0.6) is 0 Å². The van der Waals surface area contributed by atoms with Crippen molar-refractivity contribution in [1.29, 1.82) is 0 Å². The molecule has 1 aromatic heterocycles. The predicted molar refractivity (Wildman–Crippen MR) is 116 cm³/mol. The van der Waals surface area contributed by atoms with Gasteiger partial charge in [0.15, 0.2) is 9.84 Å². The molecule has 1 aromatic carbocycles. The van der Waals surface area contributed by atoms with Crippen molar-refractivity contribution in [1.82, 2.24) is 14.9 Å². The highest BCUT2D eigenvalue weighted by Crippen LogP contribution is 2.33. The molecule has 1 amide bonds. The Balaban J connectivity index is 1.58. The van der Waals surface area contributed by atoms with E-state index in [1.54, 1.807) is 23.1 Å². The van der Waals surface area contributed by atoms with E-state index in [4.69, 9.17) is 0 Å². The van der Waals surface area contributed by atoms with E-state index in [0.29, 0.717) is 11.8 Å². The highest BCUT2D eigenvalue weighted by atomic mass is 32.2. The van der Waals surface area contributed by atoms with Crippen LogP contribution in [-0.2, 0) is 20.8 Å².